The molecule has 0 bridgehead atoms. The van der Waals surface area contributed by atoms with Crippen LogP contribution in [0.2, 0.25) is 0 Å². The maximum atomic E-state index is 12.6. The molecule has 28 heavy (non-hydrogen) atoms. The summed E-state index contributed by atoms with van der Waals surface area (Å²) in [6.45, 7) is 5.89. The molecule has 0 spiro atoms. The SMILES string of the molecule is CCc1cc2ccc(CN3CCN(C(=O)[C@@H]4CCC[C@@H]4O)CC3)cc2[nH]c1=O. The Balaban J connectivity index is 1.38. The maximum absolute atomic E-state index is 12.6. The molecule has 6 nitrogen and oxygen atoms in total. The number of carbonyl (C=O) groups is 1. The Hall–Kier alpha value is -2.18. The molecule has 1 aromatic heterocycles. The van der Waals surface area contributed by atoms with E-state index in [-0.39, 0.29) is 17.4 Å². The van der Waals surface area contributed by atoms with Gasteiger partial charge in [-0.15, -0.1) is 0 Å². The van der Waals surface area contributed by atoms with Crippen LogP contribution in [-0.2, 0) is 17.8 Å². The van der Waals surface area contributed by atoms with Gasteiger partial charge in [0.15, 0.2) is 0 Å². The highest BCUT2D eigenvalue weighted by Crippen LogP contribution is 2.27. The van der Waals surface area contributed by atoms with E-state index in [0.29, 0.717) is 13.1 Å². The van der Waals surface area contributed by atoms with Crippen molar-refractivity contribution in [3.8, 4) is 0 Å². The van der Waals surface area contributed by atoms with Crippen LogP contribution in [0.1, 0.15) is 37.3 Å². The Kier molecular flexibility index (Phi) is 5.51. The molecule has 2 heterocycles. The number of aliphatic hydroxyl groups is 1. The summed E-state index contributed by atoms with van der Waals surface area (Å²) in [5.41, 5.74) is 2.85. The normalized spacial score (nSPS) is 23.4. The van der Waals surface area contributed by atoms with E-state index in [1.807, 2.05) is 17.9 Å². The van der Waals surface area contributed by atoms with Gasteiger partial charge in [0, 0.05) is 43.8 Å². The number of pyridine rings is 1. The summed E-state index contributed by atoms with van der Waals surface area (Å²) in [4.78, 5) is 31.9. The summed E-state index contributed by atoms with van der Waals surface area (Å²) < 4.78 is 0. The molecule has 1 aliphatic heterocycles. The number of nitrogens with one attached hydrogen (secondary N) is 1. The van der Waals surface area contributed by atoms with Crippen molar-refractivity contribution in [1.82, 2.24) is 14.8 Å². The first-order valence-corrected chi connectivity index (χ1v) is 10.4. The van der Waals surface area contributed by atoms with Crippen LogP contribution < -0.4 is 5.56 Å². The summed E-state index contributed by atoms with van der Waals surface area (Å²) in [6.07, 6.45) is 2.78. The molecule has 2 N–H and O–H groups in total. The number of fused-ring (bicyclic) bond motifs is 1. The number of rotatable bonds is 4. The number of hydrogen-bond donors (Lipinski definition) is 2. The number of nitrogens with zero attached hydrogens (tertiary/aromatic N) is 2. The van der Waals surface area contributed by atoms with E-state index in [0.717, 1.165) is 61.8 Å². The summed E-state index contributed by atoms with van der Waals surface area (Å²) in [7, 11) is 0. The Morgan fingerprint density at radius 2 is 1.96 bits per heavy atom. The fourth-order valence-electron chi connectivity index (χ4n) is 4.50. The molecule has 1 amide bonds. The molecular weight excluding hydrogens is 354 g/mol. The Morgan fingerprint density at radius 1 is 1.18 bits per heavy atom. The molecule has 2 aliphatic rings. The molecule has 1 aromatic carbocycles. The predicted octanol–water partition coefficient (Wildman–Crippen LogP) is 1.90. The van der Waals surface area contributed by atoms with E-state index in [9.17, 15) is 14.7 Å². The van der Waals surface area contributed by atoms with Gasteiger partial charge in [0.25, 0.3) is 5.56 Å². The summed E-state index contributed by atoms with van der Waals surface area (Å²) in [5.74, 6) is -0.0727. The second-order valence-electron chi connectivity index (χ2n) is 8.11. The molecule has 0 radical (unpaired) electrons. The molecule has 2 atom stereocenters. The van der Waals surface area contributed by atoms with Crippen LogP contribution in [-0.4, -0.2) is 58.1 Å². The zero-order valence-electron chi connectivity index (χ0n) is 16.5. The number of amides is 1. The van der Waals surface area contributed by atoms with Crippen LogP contribution >= 0.6 is 0 Å². The monoisotopic (exact) mass is 383 g/mol. The van der Waals surface area contributed by atoms with Crippen LogP contribution in [0.5, 0.6) is 0 Å². The topological polar surface area (TPSA) is 76.6 Å². The number of carbonyl (C=O) groups excluding carboxylic acids is 1. The number of aromatic amines is 1. The second kappa shape index (κ2) is 8.05. The molecule has 150 valence electrons. The van der Waals surface area contributed by atoms with Gasteiger partial charge >= 0.3 is 0 Å². The van der Waals surface area contributed by atoms with Gasteiger partial charge < -0.3 is 15.0 Å². The van der Waals surface area contributed by atoms with Gasteiger partial charge in [-0.3, -0.25) is 14.5 Å². The molecule has 2 fully saturated rings. The van der Waals surface area contributed by atoms with Crippen molar-refractivity contribution >= 4 is 16.8 Å². The Morgan fingerprint density at radius 3 is 2.64 bits per heavy atom. The number of aromatic nitrogens is 1. The third-order valence-electron chi connectivity index (χ3n) is 6.26. The lowest BCUT2D eigenvalue weighted by Gasteiger charge is -2.36. The Bertz CT molecular complexity index is 915. The average molecular weight is 383 g/mol. The number of benzene rings is 1. The number of aryl methyl sites for hydroxylation is 1. The molecule has 1 saturated heterocycles. The van der Waals surface area contributed by atoms with E-state index in [4.69, 9.17) is 0 Å². The quantitative estimate of drug-likeness (QED) is 0.845. The van der Waals surface area contributed by atoms with Crippen LogP contribution in [0, 0.1) is 5.92 Å². The predicted molar refractivity (Wildman–Crippen MR) is 109 cm³/mol. The number of piperazine rings is 1. The van der Waals surface area contributed by atoms with E-state index in [1.165, 1.54) is 5.56 Å². The molecule has 4 rings (SSSR count). The third-order valence-corrected chi connectivity index (χ3v) is 6.26. The molecule has 2 aromatic rings. The minimum Gasteiger partial charge on any atom is -0.392 e. The zero-order chi connectivity index (χ0) is 19.7. The van der Waals surface area contributed by atoms with Crippen LogP contribution in [0.15, 0.2) is 29.1 Å². The highest BCUT2D eigenvalue weighted by Gasteiger charge is 2.35. The molecule has 1 aliphatic carbocycles. The van der Waals surface area contributed by atoms with Gasteiger partial charge in [0.1, 0.15) is 0 Å². The van der Waals surface area contributed by atoms with Gasteiger partial charge in [0.2, 0.25) is 5.91 Å². The first-order chi connectivity index (χ1) is 13.5. The summed E-state index contributed by atoms with van der Waals surface area (Å²) in [6, 6.07) is 8.22. The minimum absolute atomic E-state index is 0.00613. The Labute approximate surface area is 165 Å². The van der Waals surface area contributed by atoms with Gasteiger partial charge in [0.05, 0.1) is 12.0 Å². The fraction of sp³-hybridized carbons (Fsp3) is 0.545. The number of hydrogen-bond acceptors (Lipinski definition) is 4. The van der Waals surface area contributed by atoms with Crippen molar-refractivity contribution in [2.45, 2.75) is 45.3 Å². The summed E-state index contributed by atoms with van der Waals surface area (Å²) in [5, 5.41) is 11.1. The zero-order valence-corrected chi connectivity index (χ0v) is 16.5. The molecule has 0 unspecified atom stereocenters. The highest BCUT2D eigenvalue weighted by atomic mass is 16.3. The largest absolute Gasteiger partial charge is 0.392 e. The van der Waals surface area contributed by atoms with Crippen LogP contribution in [0.4, 0.5) is 0 Å². The van der Waals surface area contributed by atoms with Gasteiger partial charge in [-0.2, -0.15) is 0 Å². The smallest absolute Gasteiger partial charge is 0.251 e. The minimum atomic E-state index is -0.460. The summed E-state index contributed by atoms with van der Waals surface area (Å²) >= 11 is 0. The second-order valence-corrected chi connectivity index (χ2v) is 8.11. The molecule has 6 heteroatoms. The first kappa shape index (κ1) is 19.2. The van der Waals surface area contributed by atoms with Crippen molar-refractivity contribution < 1.29 is 9.90 Å². The third kappa shape index (κ3) is 3.84. The van der Waals surface area contributed by atoms with Crippen molar-refractivity contribution in [3.05, 3.63) is 45.7 Å². The van der Waals surface area contributed by atoms with Crippen molar-refractivity contribution in [1.29, 1.82) is 0 Å². The maximum Gasteiger partial charge on any atom is 0.251 e. The van der Waals surface area contributed by atoms with E-state index >= 15 is 0 Å². The number of H-pyrrole nitrogens is 1. The highest BCUT2D eigenvalue weighted by molar-refractivity contribution is 5.80. The van der Waals surface area contributed by atoms with Gasteiger partial charge in [-0.25, -0.2) is 0 Å². The number of aliphatic hydroxyl groups excluding tert-OH is 1. The lowest BCUT2D eigenvalue weighted by molar-refractivity contribution is -0.140. The van der Waals surface area contributed by atoms with E-state index in [2.05, 4.69) is 28.1 Å². The van der Waals surface area contributed by atoms with Gasteiger partial charge in [-0.1, -0.05) is 19.1 Å². The van der Waals surface area contributed by atoms with Gasteiger partial charge in [-0.05, 0) is 48.8 Å². The van der Waals surface area contributed by atoms with E-state index in [1.54, 1.807) is 0 Å². The first-order valence-electron chi connectivity index (χ1n) is 10.4. The molecule has 1 saturated carbocycles. The average Bonchev–Trinajstić information content (AvgIpc) is 3.13. The lowest BCUT2D eigenvalue weighted by atomic mass is 10.0. The van der Waals surface area contributed by atoms with Crippen LogP contribution in [0.3, 0.4) is 0 Å². The van der Waals surface area contributed by atoms with E-state index < -0.39 is 6.10 Å². The standard InChI is InChI=1S/C22H29N3O3/c1-2-16-13-17-7-6-15(12-19(17)23-21(16)27)14-24-8-10-25(11-9-24)22(28)18-4-3-5-20(18)26/h6-7,12-13,18,20,26H,2-5,8-11,14H2,1H3,(H,23,27)/t18-,20+/m1/s1. The molecular formula is C22H29N3O3. The van der Waals surface area contributed by atoms with Crippen molar-refractivity contribution in [3.63, 3.8) is 0 Å². The lowest BCUT2D eigenvalue weighted by Crippen LogP contribution is -2.50. The van der Waals surface area contributed by atoms with Crippen LogP contribution in [0.25, 0.3) is 10.9 Å². The fourth-order valence-corrected chi connectivity index (χ4v) is 4.50. The van der Waals surface area contributed by atoms with Crippen molar-refractivity contribution in [2.24, 2.45) is 5.92 Å². The van der Waals surface area contributed by atoms with Crippen molar-refractivity contribution in [2.75, 3.05) is 26.2 Å².